The van der Waals surface area contributed by atoms with Crippen LogP contribution < -0.4 is 5.32 Å². The Morgan fingerprint density at radius 1 is 1.03 bits per heavy atom. The highest BCUT2D eigenvalue weighted by molar-refractivity contribution is 14.0. The van der Waals surface area contributed by atoms with E-state index in [1.165, 1.54) is 64.1 Å². The van der Waals surface area contributed by atoms with Gasteiger partial charge in [-0.2, -0.15) is 0 Å². The predicted octanol–water partition coefficient (Wildman–Crippen LogP) is 3.53. The van der Waals surface area contributed by atoms with Gasteiger partial charge in [0.15, 0.2) is 5.96 Å². The van der Waals surface area contributed by atoms with Gasteiger partial charge in [-0.15, -0.1) is 24.0 Å². The fourth-order valence-electron chi connectivity index (χ4n) is 4.47. The summed E-state index contributed by atoms with van der Waals surface area (Å²) in [7, 11) is 0. The molecule has 1 N–H and O–H groups in total. The van der Waals surface area contributed by atoms with Gasteiger partial charge in [-0.1, -0.05) is 37.3 Å². The molecule has 2 aliphatic rings. The number of rotatable bonds is 11. The van der Waals surface area contributed by atoms with E-state index in [9.17, 15) is 0 Å². The first-order chi connectivity index (χ1) is 15.3. The Bertz CT molecular complexity index is 636. The van der Waals surface area contributed by atoms with Gasteiger partial charge >= 0.3 is 0 Å². The van der Waals surface area contributed by atoms with Crippen LogP contribution >= 0.6 is 24.0 Å². The number of aliphatic imine (C=N–C) groups is 1. The Labute approximate surface area is 212 Å². The Balaban J connectivity index is 0.00000363. The largest absolute Gasteiger partial charge is 0.376 e. The van der Waals surface area contributed by atoms with Crippen LogP contribution in [0, 0.1) is 5.92 Å². The number of hydrogen-bond acceptors (Lipinski definition) is 4. The first kappa shape index (κ1) is 27.3. The lowest BCUT2D eigenvalue weighted by Crippen LogP contribution is -2.46. The van der Waals surface area contributed by atoms with Crippen molar-refractivity contribution in [3.05, 3.63) is 35.9 Å². The molecule has 0 saturated carbocycles. The lowest BCUT2D eigenvalue weighted by atomic mass is 10.1. The Kier molecular flexibility index (Phi) is 13.5. The monoisotopic (exact) mass is 557 g/mol. The number of ether oxygens (including phenoxy) is 1. The van der Waals surface area contributed by atoms with Crippen LogP contribution in [0.4, 0.5) is 0 Å². The van der Waals surface area contributed by atoms with Crippen molar-refractivity contribution in [1.29, 1.82) is 0 Å². The smallest absolute Gasteiger partial charge is 0.193 e. The average Bonchev–Trinajstić information content (AvgIpc) is 3.28. The molecule has 0 aromatic heterocycles. The van der Waals surface area contributed by atoms with E-state index in [4.69, 9.17) is 9.73 Å². The first-order valence-electron chi connectivity index (χ1n) is 12.4. The SMILES string of the molecule is CCNC(=NCCCCN1CCN(CC)CC1)N1CCC(COCc2ccccc2)C1.I. The standard InChI is InChI=1S/C25H43N5O.HI/c1-3-26-25(27-13-8-9-14-29-18-16-28(4-2)17-19-29)30-15-12-24(20-30)22-31-21-23-10-6-5-7-11-23;/h5-7,10-11,24H,3-4,8-9,12-22H2,1-2H3,(H,26,27);1H. The number of guanidine groups is 1. The molecule has 7 heteroatoms. The molecule has 6 nitrogen and oxygen atoms in total. The number of halogens is 1. The number of likely N-dealkylation sites (N-methyl/N-ethyl adjacent to an activating group) is 1. The van der Waals surface area contributed by atoms with Crippen molar-refractivity contribution in [2.75, 3.05) is 72.1 Å². The molecular formula is C25H44IN5O. The van der Waals surface area contributed by atoms with E-state index >= 15 is 0 Å². The zero-order valence-electron chi connectivity index (χ0n) is 20.2. The lowest BCUT2D eigenvalue weighted by Gasteiger charge is -2.33. The van der Waals surface area contributed by atoms with Crippen molar-refractivity contribution in [2.45, 2.75) is 39.7 Å². The quantitative estimate of drug-likeness (QED) is 0.195. The molecule has 0 spiro atoms. The molecule has 0 bridgehead atoms. The summed E-state index contributed by atoms with van der Waals surface area (Å²) in [5.41, 5.74) is 1.25. The number of likely N-dealkylation sites (tertiary alicyclic amines) is 1. The third kappa shape index (κ3) is 9.53. The molecule has 1 aromatic rings. The second kappa shape index (κ2) is 15.9. The highest BCUT2D eigenvalue weighted by Crippen LogP contribution is 2.17. The Morgan fingerprint density at radius 2 is 1.78 bits per heavy atom. The number of nitrogens with one attached hydrogen (secondary N) is 1. The first-order valence-corrected chi connectivity index (χ1v) is 12.4. The maximum Gasteiger partial charge on any atom is 0.193 e. The molecule has 1 unspecified atom stereocenters. The van der Waals surface area contributed by atoms with E-state index in [1.807, 2.05) is 6.07 Å². The molecule has 32 heavy (non-hydrogen) atoms. The zero-order chi connectivity index (χ0) is 21.7. The van der Waals surface area contributed by atoms with Crippen molar-refractivity contribution in [3.8, 4) is 0 Å². The molecule has 0 radical (unpaired) electrons. The van der Waals surface area contributed by atoms with Crippen LogP contribution in [0.2, 0.25) is 0 Å². The van der Waals surface area contributed by atoms with E-state index in [0.717, 1.165) is 38.7 Å². The molecule has 2 aliphatic heterocycles. The van der Waals surface area contributed by atoms with Gasteiger partial charge in [0.25, 0.3) is 0 Å². The number of unbranched alkanes of at least 4 members (excludes halogenated alkanes) is 1. The van der Waals surface area contributed by atoms with Crippen molar-refractivity contribution >= 4 is 29.9 Å². The summed E-state index contributed by atoms with van der Waals surface area (Å²) in [5, 5.41) is 3.50. The van der Waals surface area contributed by atoms with Crippen LogP contribution in [-0.4, -0.2) is 92.7 Å². The average molecular weight is 558 g/mol. The minimum atomic E-state index is 0. The molecule has 2 heterocycles. The fourth-order valence-corrected chi connectivity index (χ4v) is 4.47. The minimum absolute atomic E-state index is 0. The molecule has 2 fully saturated rings. The summed E-state index contributed by atoms with van der Waals surface area (Å²) in [4.78, 5) is 12.5. The van der Waals surface area contributed by atoms with E-state index in [-0.39, 0.29) is 24.0 Å². The summed E-state index contributed by atoms with van der Waals surface area (Å²) in [6.45, 7) is 17.2. The van der Waals surface area contributed by atoms with Crippen molar-refractivity contribution in [2.24, 2.45) is 10.9 Å². The maximum atomic E-state index is 5.98. The Morgan fingerprint density at radius 3 is 2.50 bits per heavy atom. The summed E-state index contributed by atoms with van der Waals surface area (Å²) >= 11 is 0. The van der Waals surface area contributed by atoms with Crippen LogP contribution in [0.1, 0.15) is 38.7 Å². The van der Waals surface area contributed by atoms with E-state index in [0.29, 0.717) is 12.5 Å². The van der Waals surface area contributed by atoms with E-state index in [1.54, 1.807) is 0 Å². The zero-order valence-corrected chi connectivity index (χ0v) is 22.5. The second-order valence-electron chi connectivity index (χ2n) is 8.82. The van der Waals surface area contributed by atoms with Crippen LogP contribution in [0.25, 0.3) is 0 Å². The predicted molar refractivity (Wildman–Crippen MR) is 145 cm³/mol. The number of nitrogens with zero attached hydrogens (tertiary/aromatic N) is 4. The van der Waals surface area contributed by atoms with Gasteiger partial charge in [-0.3, -0.25) is 4.99 Å². The molecule has 3 rings (SSSR count). The topological polar surface area (TPSA) is 43.3 Å². The normalized spacial score (nSPS) is 20.4. The number of benzene rings is 1. The highest BCUT2D eigenvalue weighted by Gasteiger charge is 2.25. The molecule has 1 aromatic carbocycles. The van der Waals surface area contributed by atoms with Gasteiger partial charge < -0.3 is 24.8 Å². The molecule has 1 atom stereocenters. The number of hydrogen-bond donors (Lipinski definition) is 1. The van der Waals surface area contributed by atoms with Crippen LogP contribution in [0.15, 0.2) is 35.3 Å². The van der Waals surface area contributed by atoms with Gasteiger partial charge in [-0.05, 0) is 44.8 Å². The fraction of sp³-hybridized carbons (Fsp3) is 0.720. The Hall–Kier alpha value is -0.900. The van der Waals surface area contributed by atoms with Gasteiger partial charge in [0.05, 0.1) is 13.2 Å². The van der Waals surface area contributed by atoms with E-state index in [2.05, 4.69) is 58.1 Å². The molecule has 182 valence electrons. The minimum Gasteiger partial charge on any atom is -0.376 e. The van der Waals surface area contributed by atoms with Gasteiger partial charge in [-0.25, -0.2) is 0 Å². The summed E-state index contributed by atoms with van der Waals surface area (Å²) < 4.78 is 5.98. The van der Waals surface area contributed by atoms with Crippen molar-refractivity contribution in [3.63, 3.8) is 0 Å². The van der Waals surface area contributed by atoms with Crippen LogP contribution in [-0.2, 0) is 11.3 Å². The highest BCUT2D eigenvalue weighted by atomic mass is 127. The molecule has 0 aliphatic carbocycles. The third-order valence-corrected chi connectivity index (χ3v) is 6.44. The van der Waals surface area contributed by atoms with Crippen molar-refractivity contribution < 1.29 is 4.74 Å². The van der Waals surface area contributed by atoms with Gasteiger partial charge in [0.1, 0.15) is 0 Å². The van der Waals surface area contributed by atoms with E-state index < -0.39 is 0 Å². The van der Waals surface area contributed by atoms with Gasteiger partial charge in [0.2, 0.25) is 0 Å². The third-order valence-electron chi connectivity index (χ3n) is 6.44. The van der Waals surface area contributed by atoms with Crippen molar-refractivity contribution in [1.82, 2.24) is 20.0 Å². The second-order valence-corrected chi connectivity index (χ2v) is 8.82. The number of piperazine rings is 1. The molecular weight excluding hydrogens is 513 g/mol. The summed E-state index contributed by atoms with van der Waals surface area (Å²) in [6, 6.07) is 10.4. The summed E-state index contributed by atoms with van der Waals surface area (Å²) in [6.07, 6.45) is 3.59. The van der Waals surface area contributed by atoms with Gasteiger partial charge in [0, 0.05) is 58.3 Å². The van der Waals surface area contributed by atoms with Crippen LogP contribution in [0.3, 0.4) is 0 Å². The van der Waals surface area contributed by atoms with Crippen LogP contribution in [0.5, 0.6) is 0 Å². The molecule has 0 amide bonds. The maximum absolute atomic E-state index is 5.98. The molecule has 2 saturated heterocycles. The lowest BCUT2D eigenvalue weighted by molar-refractivity contribution is 0.0906. The summed E-state index contributed by atoms with van der Waals surface area (Å²) in [5.74, 6) is 1.68.